The van der Waals surface area contributed by atoms with Gasteiger partial charge in [0.2, 0.25) is 5.91 Å². The van der Waals surface area contributed by atoms with E-state index in [4.69, 9.17) is 23.2 Å². The third kappa shape index (κ3) is 4.04. The number of amides is 1. The second-order valence-corrected chi connectivity index (χ2v) is 6.32. The molecule has 0 saturated heterocycles. The summed E-state index contributed by atoms with van der Waals surface area (Å²) in [5.41, 5.74) is 2.40. The number of carbonyl (C=O) groups excluding carboxylic acids is 1. The molecule has 3 rings (SSSR count). The number of benzene rings is 1. The van der Waals surface area contributed by atoms with Crippen LogP contribution >= 0.6 is 34.5 Å². The number of carbonyl (C=O) groups is 1. The number of hydrogen-bond donors (Lipinski definition) is 1. The van der Waals surface area contributed by atoms with Crippen molar-refractivity contribution in [2.45, 2.75) is 6.42 Å². The van der Waals surface area contributed by atoms with E-state index in [-0.39, 0.29) is 12.3 Å². The summed E-state index contributed by atoms with van der Waals surface area (Å²) in [6.07, 6.45) is 3.40. The maximum Gasteiger partial charge on any atom is 0.230 e. The molecule has 0 radical (unpaired) electrons. The molecule has 0 saturated carbocycles. The Morgan fingerprint density at radius 2 is 2.13 bits per heavy atom. The highest BCUT2D eigenvalue weighted by Gasteiger charge is 2.10. The van der Waals surface area contributed by atoms with Gasteiger partial charge in [-0.1, -0.05) is 29.3 Å². The van der Waals surface area contributed by atoms with Gasteiger partial charge in [-0.25, -0.2) is 9.97 Å². The molecular formula is C15H10Cl2N4OS. The van der Waals surface area contributed by atoms with E-state index in [0.29, 0.717) is 27.3 Å². The van der Waals surface area contributed by atoms with Crippen LogP contribution in [-0.4, -0.2) is 20.9 Å². The van der Waals surface area contributed by atoms with E-state index in [1.54, 1.807) is 42.2 Å². The topological polar surface area (TPSA) is 67.8 Å². The lowest BCUT2D eigenvalue weighted by Gasteiger charge is -2.07. The molecule has 2 heterocycles. The standard InChI is InChI=1S/C15H10Cl2N4OS/c16-10-2-1-9(11(17)6-10)5-14(22)20-13-3-4-19-15(21-13)12-7-18-8-23-12/h1-4,6-8H,5H2,(H,19,20,21,22). The number of hydrogen-bond acceptors (Lipinski definition) is 5. The van der Waals surface area contributed by atoms with E-state index >= 15 is 0 Å². The van der Waals surface area contributed by atoms with Crippen LogP contribution in [0.15, 0.2) is 42.2 Å². The summed E-state index contributed by atoms with van der Waals surface area (Å²) < 4.78 is 0. The van der Waals surface area contributed by atoms with E-state index < -0.39 is 0 Å². The zero-order chi connectivity index (χ0) is 16.2. The van der Waals surface area contributed by atoms with Crippen molar-refractivity contribution in [3.05, 3.63) is 57.8 Å². The summed E-state index contributed by atoms with van der Waals surface area (Å²) >= 11 is 13.3. The monoisotopic (exact) mass is 364 g/mol. The Hall–Kier alpha value is -2.02. The highest BCUT2D eigenvalue weighted by atomic mass is 35.5. The van der Waals surface area contributed by atoms with Gasteiger partial charge in [0.25, 0.3) is 0 Å². The van der Waals surface area contributed by atoms with Crippen LogP contribution in [0, 0.1) is 0 Å². The molecule has 1 amide bonds. The van der Waals surface area contributed by atoms with Crippen LogP contribution in [0.1, 0.15) is 5.56 Å². The average molecular weight is 365 g/mol. The number of thiazole rings is 1. The molecule has 1 aromatic carbocycles. The Kier molecular flexibility index (Phi) is 4.85. The third-order valence-electron chi connectivity index (χ3n) is 2.94. The molecule has 8 heteroatoms. The number of nitrogens with one attached hydrogen (secondary N) is 1. The number of nitrogens with zero attached hydrogens (tertiary/aromatic N) is 3. The van der Waals surface area contributed by atoms with Gasteiger partial charge in [0.1, 0.15) is 5.82 Å². The van der Waals surface area contributed by atoms with Gasteiger partial charge in [0, 0.05) is 22.4 Å². The predicted octanol–water partition coefficient (Wildman–Crippen LogP) is 4.09. The molecule has 0 aliphatic carbocycles. The zero-order valence-electron chi connectivity index (χ0n) is 11.7. The summed E-state index contributed by atoms with van der Waals surface area (Å²) in [6.45, 7) is 0. The smallest absolute Gasteiger partial charge is 0.230 e. The second-order valence-electron chi connectivity index (χ2n) is 4.59. The Labute approximate surface area is 146 Å². The number of halogens is 2. The summed E-state index contributed by atoms with van der Waals surface area (Å²) in [5.74, 6) is 0.733. The van der Waals surface area contributed by atoms with Gasteiger partial charge in [-0.05, 0) is 23.8 Å². The lowest BCUT2D eigenvalue weighted by molar-refractivity contribution is -0.115. The fourth-order valence-electron chi connectivity index (χ4n) is 1.90. The number of aromatic nitrogens is 3. The van der Waals surface area contributed by atoms with Crippen LogP contribution in [0.2, 0.25) is 10.0 Å². The van der Waals surface area contributed by atoms with Crippen LogP contribution in [0.5, 0.6) is 0 Å². The van der Waals surface area contributed by atoms with Crippen LogP contribution in [0.3, 0.4) is 0 Å². The van der Waals surface area contributed by atoms with Crippen LogP contribution < -0.4 is 5.32 Å². The van der Waals surface area contributed by atoms with Crippen molar-refractivity contribution < 1.29 is 4.79 Å². The van der Waals surface area contributed by atoms with Crippen LogP contribution in [-0.2, 0) is 11.2 Å². The zero-order valence-corrected chi connectivity index (χ0v) is 14.0. The van der Waals surface area contributed by atoms with E-state index in [0.717, 1.165) is 4.88 Å². The van der Waals surface area contributed by atoms with Gasteiger partial charge < -0.3 is 5.32 Å². The van der Waals surface area contributed by atoms with Crippen molar-refractivity contribution in [1.82, 2.24) is 15.0 Å². The van der Waals surface area contributed by atoms with Crippen molar-refractivity contribution in [1.29, 1.82) is 0 Å². The summed E-state index contributed by atoms with van der Waals surface area (Å²) in [5, 5.41) is 3.73. The van der Waals surface area contributed by atoms with Crippen LogP contribution in [0.25, 0.3) is 10.7 Å². The quantitative estimate of drug-likeness (QED) is 0.756. The molecule has 23 heavy (non-hydrogen) atoms. The van der Waals surface area contributed by atoms with Crippen molar-refractivity contribution in [3.63, 3.8) is 0 Å². The van der Waals surface area contributed by atoms with E-state index in [1.165, 1.54) is 11.3 Å². The first-order valence-electron chi connectivity index (χ1n) is 6.57. The summed E-state index contributed by atoms with van der Waals surface area (Å²) in [4.78, 5) is 25.4. The fourth-order valence-corrected chi connectivity index (χ4v) is 2.93. The number of anilines is 1. The van der Waals surface area contributed by atoms with Gasteiger partial charge in [0.15, 0.2) is 5.82 Å². The minimum atomic E-state index is -0.219. The molecule has 3 aromatic rings. The molecule has 0 spiro atoms. The highest BCUT2D eigenvalue weighted by molar-refractivity contribution is 7.13. The normalized spacial score (nSPS) is 10.5. The molecular weight excluding hydrogens is 355 g/mol. The molecule has 5 nitrogen and oxygen atoms in total. The molecule has 0 unspecified atom stereocenters. The largest absolute Gasteiger partial charge is 0.310 e. The highest BCUT2D eigenvalue weighted by Crippen LogP contribution is 2.22. The molecule has 0 aliphatic rings. The van der Waals surface area contributed by atoms with Gasteiger partial charge in [0.05, 0.1) is 16.8 Å². The Morgan fingerprint density at radius 1 is 1.26 bits per heavy atom. The van der Waals surface area contributed by atoms with Crippen molar-refractivity contribution >= 4 is 46.3 Å². The minimum absolute atomic E-state index is 0.135. The molecule has 0 bridgehead atoms. The molecule has 0 atom stereocenters. The molecule has 0 fully saturated rings. The summed E-state index contributed by atoms with van der Waals surface area (Å²) in [6, 6.07) is 6.67. The van der Waals surface area contributed by atoms with Crippen molar-refractivity contribution in [2.75, 3.05) is 5.32 Å². The lowest BCUT2D eigenvalue weighted by atomic mass is 10.1. The SMILES string of the molecule is O=C(Cc1ccc(Cl)cc1Cl)Nc1ccnc(-c2cncs2)n1. The maximum atomic E-state index is 12.1. The van der Waals surface area contributed by atoms with Gasteiger partial charge in [-0.15, -0.1) is 11.3 Å². The molecule has 116 valence electrons. The lowest BCUT2D eigenvalue weighted by Crippen LogP contribution is -2.15. The van der Waals surface area contributed by atoms with Crippen LogP contribution in [0.4, 0.5) is 5.82 Å². The van der Waals surface area contributed by atoms with Crippen molar-refractivity contribution in [2.24, 2.45) is 0 Å². The Bertz CT molecular complexity index is 839. The maximum absolute atomic E-state index is 12.1. The first kappa shape index (κ1) is 15.9. The third-order valence-corrected chi connectivity index (χ3v) is 4.30. The molecule has 0 aliphatic heterocycles. The second kappa shape index (κ2) is 7.04. The van der Waals surface area contributed by atoms with Gasteiger partial charge in [-0.2, -0.15) is 0 Å². The minimum Gasteiger partial charge on any atom is -0.310 e. The van der Waals surface area contributed by atoms with E-state index in [9.17, 15) is 4.79 Å². The Morgan fingerprint density at radius 3 is 2.87 bits per heavy atom. The summed E-state index contributed by atoms with van der Waals surface area (Å²) in [7, 11) is 0. The van der Waals surface area contributed by atoms with Crippen molar-refractivity contribution in [3.8, 4) is 10.7 Å². The van der Waals surface area contributed by atoms with Gasteiger partial charge in [-0.3, -0.25) is 9.78 Å². The van der Waals surface area contributed by atoms with E-state index in [1.807, 2.05) is 0 Å². The van der Waals surface area contributed by atoms with E-state index in [2.05, 4.69) is 20.3 Å². The first-order valence-corrected chi connectivity index (χ1v) is 8.21. The Balaban J connectivity index is 1.72. The first-order chi connectivity index (χ1) is 11.1. The number of rotatable bonds is 4. The fraction of sp³-hybridized carbons (Fsp3) is 0.0667. The average Bonchev–Trinajstić information content (AvgIpc) is 3.05. The molecule has 2 aromatic heterocycles. The predicted molar refractivity (Wildman–Crippen MR) is 91.9 cm³/mol. The van der Waals surface area contributed by atoms with Gasteiger partial charge >= 0.3 is 0 Å². The molecule has 1 N–H and O–H groups in total.